The number of carbonyl (C=O) groups excluding carboxylic acids is 1. The molecule has 132 valence electrons. The van der Waals surface area contributed by atoms with Crippen molar-refractivity contribution in [3.8, 4) is 0 Å². The van der Waals surface area contributed by atoms with E-state index >= 15 is 0 Å². The van der Waals surface area contributed by atoms with Gasteiger partial charge in [-0.3, -0.25) is 0 Å². The van der Waals surface area contributed by atoms with Gasteiger partial charge in [0, 0.05) is 23.7 Å². The van der Waals surface area contributed by atoms with Crippen LogP contribution >= 0.6 is 0 Å². The largest absolute Gasteiger partial charge is 0.469 e. The van der Waals surface area contributed by atoms with Gasteiger partial charge >= 0.3 is 5.97 Å². The number of aromatic nitrogens is 1. The maximum Gasteiger partial charge on any atom is 0.355 e. The molecule has 2 aromatic heterocycles. The zero-order valence-corrected chi connectivity index (χ0v) is 15.0. The molecule has 2 aromatic rings. The van der Waals surface area contributed by atoms with Crippen molar-refractivity contribution in [2.45, 2.75) is 45.1 Å². The molecular weight excluding hydrogens is 332 g/mol. The van der Waals surface area contributed by atoms with Crippen LogP contribution in [0.1, 0.15) is 41.4 Å². The van der Waals surface area contributed by atoms with Crippen LogP contribution in [0.15, 0.2) is 27.7 Å². The molecule has 0 spiro atoms. The standard InChI is InChI=1S/C16H22N2O5S/c1-5-22-16(19)14-11(3)15(12(4)17-14)24(20,21)18-10(2)9-13-7-6-8-23-13/h6-8,10,17-18H,5,9H2,1-4H3. The predicted octanol–water partition coefficient (Wildman–Crippen LogP) is 2.31. The molecule has 0 fully saturated rings. The molecule has 24 heavy (non-hydrogen) atoms. The van der Waals surface area contributed by atoms with Gasteiger partial charge < -0.3 is 14.1 Å². The van der Waals surface area contributed by atoms with E-state index in [1.54, 1.807) is 46.1 Å². The molecule has 2 heterocycles. The Balaban J connectivity index is 2.24. The Morgan fingerprint density at radius 1 is 1.42 bits per heavy atom. The van der Waals surface area contributed by atoms with Gasteiger partial charge in [0.1, 0.15) is 16.3 Å². The summed E-state index contributed by atoms with van der Waals surface area (Å²) in [5.74, 6) is 0.128. The van der Waals surface area contributed by atoms with Crippen LogP contribution < -0.4 is 4.72 Å². The Morgan fingerprint density at radius 3 is 2.71 bits per heavy atom. The fraction of sp³-hybridized carbons (Fsp3) is 0.438. The molecule has 7 nitrogen and oxygen atoms in total. The molecule has 2 rings (SSSR count). The van der Waals surface area contributed by atoms with Crippen LogP contribution in [0.3, 0.4) is 0 Å². The summed E-state index contributed by atoms with van der Waals surface area (Å²) in [6.07, 6.45) is 1.97. The van der Waals surface area contributed by atoms with Gasteiger partial charge in [-0.25, -0.2) is 17.9 Å². The van der Waals surface area contributed by atoms with Crippen molar-refractivity contribution < 1.29 is 22.4 Å². The van der Waals surface area contributed by atoms with E-state index in [1.165, 1.54) is 0 Å². The first-order valence-corrected chi connectivity index (χ1v) is 9.15. The minimum Gasteiger partial charge on any atom is -0.469 e. The second-order valence-electron chi connectivity index (χ2n) is 5.61. The van der Waals surface area contributed by atoms with Gasteiger partial charge in [0.2, 0.25) is 10.0 Å². The van der Waals surface area contributed by atoms with Crippen molar-refractivity contribution in [1.29, 1.82) is 0 Å². The van der Waals surface area contributed by atoms with Crippen LogP contribution in [0.2, 0.25) is 0 Å². The first kappa shape index (κ1) is 18.3. The van der Waals surface area contributed by atoms with Gasteiger partial charge in [-0.15, -0.1) is 0 Å². The number of ether oxygens (including phenoxy) is 1. The molecule has 1 unspecified atom stereocenters. The Morgan fingerprint density at radius 2 is 2.12 bits per heavy atom. The van der Waals surface area contributed by atoms with Crippen LogP contribution in [0.5, 0.6) is 0 Å². The quantitative estimate of drug-likeness (QED) is 0.743. The Labute approximate surface area is 141 Å². The third-order valence-corrected chi connectivity index (χ3v) is 5.42. The number of H-pyrrole nitrogens is 1. The monoisotopic (exact) mass is 354 g/mol. The van der Waals surface area contributed by atoms with E-state index in [9.17, 15) is 13.2 Å². The summed E-state index contributed by atoms with van der Waals surface area (Å²) in [7, 11) is -3.78. The Bertz CT molecular complexity index is 806. The summed E-state index contributed by atoms with van der Waals surface area (Å²) in [6.45, 7) is 6.86. The number of carbonyl (C=O) groups is 1. The average molecular weight is 354 g/mol. The van der Waals surface area contributed by atoms with Crippen molar-refractivity contribution in [3.63, 3.8) is 0 Å². The van der Waals surface area contributed by atoms with Crippen molar-refractivity contribution in [3.05, 3.63) is 41.1 Å². The first-order valence-electron chi connectivity index (χ1n) is 7.67. The number of hydrogen-bond acceptors (Lipinski definition) is 5. The molecule has 2 N–H and O–H groups in total. The number of aryl methyl sites for hydroxylation is 1. The molecule has 0 radical (unpaired) electrons. The molecule has 0 saturated heterocycles. The van der Waals surface area contributed by atoms with Gasteiger partial charge in [0.05, 0.1) is 12.9 Å². The molecular formula is C16H22N2O5S. The summed E-state index contributed by atoms with van der Waals surface area (Å²) in [5, 5.41) is 0. The van der Waals surface area contributed by atoms with Crippen molar-refractivity contribution in [2.75, 3.05) is 6.61 Å². The van der Waals surface area contributed by atoms with E-state index in [0.29, 0.717) is 23.4 Å². The smallest absolute Gasteiger partial charge is 0.355 e. The van der Waals surface area contributed by atoms with E-state index < -0.39 is 16.0 Å². The lowest BCUT2D eigenvalue weighted by Gasteiger charge is -2.13. The summed E-state index contributed by atoms with van der Waals surface area (Å²) in [6, 6.07) is 3.18. The van der Waals surface area contributed by atoms with Gasteiger partial charge in [0.25, 0.3) is 0 Å². The highest BCUT2D eigenvalue weighted by Crippen LogP contribution is 2.24. The topological polar surface area (TPSA) is 101 Å². The molecule has 1 atom stereocenters. The van der Waals surface area contributed by atoms with Crippen molar-refractivity contribution in [2.24, 2.45) is 0 Å². The molecule has 0 aliphatic carbocycles. The summed E-state index contributed by atoms with van der Waals surface area (Å²) in [4.78, 5) is 14.8. The number of rotatable bonds is 7. The fourth-order valence-corrected chi connectivity index (χ4v) is 4.33. The normalized spacial score (nSPS) is 13.0. The Hall–Kier alpha value is -2.06. The lowest BCUT2D eigenvalue weighted by molar-refractivity contribution is 0.0519. The zero-order chi connectivity index (χ0) is 17.9. The molecule has 0 amide bonds. The molecule has 0 bridgehead atoms. The Kier molecular flexibility index (Phi) is 5.51. The average Bonchev–Trinajstić information content (AvgIpc) is 3.06. The number of furan rings is 1. The van der Waals surface area contributed by atoms with Gasteiger partial charge in [0.15, 0.2) is 0 Å². The van der Waals surface area contributed by atoms with Crippen LogP contribution in [0.4, 0.5) is 0 Å². The summed E-state index contributed by atoms with van der Waals surface area (Å²) >= 11 is 0. The number of esters is 1. The number of hydrogen-bond donors (Lipinski definition) is 2. The molecule has 0 aromatic carbocycles. The van der Waals surface area contributed by atoms with Gasteiger partial charge in [-0.2, -0.15) is 0 Å². The third-order valence-electron chi connectivity index (χ3n) is 3.56. The van der Waals surface area contributed by atoms with Gasteiger partial charge in [-0.05, 0) is 39.8 Å². The van der Waals surface area contributed by atoms with Crippen LogP contribution in [0.25, 0.3) is 0 Å². The van der Waals surface area contributed by atoms with E-state index in [0.717, 1.165) is 0 Å². The van der Waals surface area contributed by atoms with Crippen LogP contribution in [-0.4, -0.2) is 32.0 Å². The highest BCUT2D eigenvalue weighted by atomic mass is 32.2. The third kappa shape index (κ3) is 3.88. The molecule has 8 heteroatoms. The number of aromatic amines is 1. The lowest BCUT2D eigenvalue weighted by atomic mass is 10.2. The van der Waals surface area contributed by atoms with E-state index in [4.69, 9.17) is 9.15 Å². The predicted molar refractivity (Wildman–Crippen MR) is 88.4 cm³/mol. The summed E-state index contributed by atoms with van der Waals surface area (Å²) in [5.41, 5.74) is 0.908. The molecule has 0 saturated carbocycles. The second-order valence-corrected chi connectivity index (χ2v) is 7.26. The minimum absolute atomic E-state index is 0.0804. The fourth-order valence-electron chi connectivity index (χ4n) is 2.64. The van der Waals surface area contributed by atoms with E-state index in [-0.39, 0.29) is 23.2 Å². The second kappa shape index (κ2) is 7.23. The van der Waals surface area contributed by atoms with E-state index in [2.05, 4.69) is 9.71 Å². The van der Waals surface area contributed by atoms with E-state index in [1.807, 2.05) is 0 Å². The SMILES string of the molecule is CCOC(=O)c1[nH]c(C)c(S(=O)(=O)NC(C)Cc2ccco2)c1C. The maximum atomic E-state index is 12.7. The highest BCUT2D eigenvalue weighted by Gasteiger charge is 2.28. The van der Waals surface area contributed by atoms with Gasteiger partial charge in [-0.1, -0.05) is 0 Å². The minimum atomic E-state index is -3.78. The number of sulfonamides is 1. The number of nitrogens with one attached hydrogen (secondary N) is 2. The zero-order valence-electron chi connectivity index (χ0n) is 14.2. The molecule has 0 aliphatic heterocycles. The van der Waals surface area contributed by atoms with Crippen molar-refractivity contribution in [1.82, 2.24) is 9.71 Å². The highest BCUT2D eigenvalue weighted by molar-refractivity contribution is 7.89. The summed E-state index contributed by atoms with van der Waals surface area (Å²) < 4.78 is 38.2. The van der Waals surface area contributed by atoms with Crippen LogP contribution in [-0.2, 0) is 21.2 Å². The molecule has 0 aliphatic rings. The lowest BCUT2D eigenvalue weighted by Crippen LogP contribution is -2.34. The van der Waals surface area contributed by atoms with Crippen molar-refractivity contribution >= 4 is 16.0 Å². The maximum absolute atomic E-state index is 12.7. The van der Waals surface area contributed by atoms with Crippen LogP contribution in [0, 0.1) is 13.8 Å². The first-order chi connectivity index (χ1) is 11.3.